The van der Waals surface area contributed by atoms with Crippen LogP contribution in [0.2, 0.25) is 0 Å². The van der Waals surface area contributed by atoms with Gasteiger partial charge in [0, 0.05) is 13.1 Å². The van der Waals surface area contributed by atoms with Gasteiger partial charge in [0.15, 0.2) is 0 Å². The van der Waals surface area contributed by atoms with Crippen LogP contribution in [0.15, 0.2) is 58.3 Å². The van der Waals surface area contributed by atoms with Gasteiger partial charge in [-0.1, -0.05) is 35.4 Å². The average molecular weight is 545 g/mol. The Bertz CT molecular complexity index is 1210. The lowest BCUT2D eigenvalue weighted by molar-refractivity contribution is 0.116. The molecule has 3 amide bonds. The summed E-state index contributed by atoms with van der Waals surface area (Å²) in [5, 5.41) is 11.2. The van der Waals surface area contributed by atoms with Crippen molar-refractivity contribution in [1.29, 1.82) is 0 Å². The third-order valence-corrected chi connectivity index (χ3v) is 6.98. The van der Waals surface area contributed by atoms with Gasteiger partial charge in [0.1, 0.15) is 6.10 Å². The second-order valence-corrected chi connectivity index (χ2v) is 11.2. The first-order chi connectivity index (χ1) is 16.7. The van der Waals surface area contributed by atoms with Crippen LogP contribution in [0.4, 0.5) is 9.59 Å². The number of benzene rings is 2. The first-order valence-electron chi connectivity index (χ1n) is 10.7. The van der Waals surface area contributed by atoms with Crippen LogP contribution in [-0.2, 0) is 24.8 Å². The molecule has 0 radical (unpaired) electrons. The van der Waals surface area contributed by atoms with Crippen LogP contribution in [0.1, 0.15) is 25.0 Å². The summed E-state index contributed by atoms with van der Waals surface area (Å²) in [5.74, 6) is 0. The van der Waals surface area contributed by atoms with E-state index in [9.17, 15) is 26.4 Å². The summed E-state index contributed by atoms with van der Waals surface area (Å²) in [6.45, 7) is 6.82. The van der Waals surface area contributed by atoms with Crippen molar-refractivity contribution in [2.45, 2.75) is 49.7 Å². The number of urea groups is 1. The van der Waals surface area contributed by atoms with Crippen LogP contribution < -0.4 is 20.5 Å². The van der Waals surface area contributed by atoms with E-state index in [0.717, 1.165) is 11.1 Å². The standard InChI is InChI=1S/2C11H16N2O4S/c1-8-3-5-10(6-4-8)18(15,16)13-11(14)17-9(2)7-12;1-8-3-5-10(6-4-8)18(16,17)13-11(15)12-7-9(2)14/h3-6,9H,7,12H2,1-2H3,(H,13,14);3-6,9,14H,7H2,1-2H3,(H2,12,13,15). The van der Waals surface area contributed by atoms with E-state index >= 15 is 0 Å². The molecule has 14 heteroatoms. The number of hydrogen-bond donors (Lipinski definition) is 5. The SMILES string of the molecule is Cc1ccc(S(=O)(=O)NC(=O)NCC(C)O)cc1.Cc1ccc(S(=O)(=O)NC(=O)OC(C)CN)cc1. The van der Waals surface area contributed by atoms with Crippen LogP contribution in [0.3, 0.4) is 0 Å². The lowest BCUT2D eigenvalue weighted by atomic mass is 10.2. The zero-order valence-corrected chi connectivity index (χ0v) is 22.0. The Morgan fingerprint density at radius 2 is 1.28 bits per heavy atom. The number of aryl methyl sites for hydroxylation is 2. The van der Waals surface area contributed by atoms with Crippen molar-refractivity contribution in [3.63, 3.8) is 0 Å². The van der Waals surface area contributed by atoms with Gasteiger partial charge in [0.25, 0.3) is 20.0 Å². The summed E-state index contributed by atoms with van der Waals surface area (Å²) in [4.78, 5) is 22.6. The first-order valence-corrected chi connectivity index (χ1v) is 13.7. The van der Waals surface area contributed by atoms with Gasteiger partial charge in [0.05, 0.1) is 15.9 Å². The molecule has 2 atom stereocenters. The average Bonchev–Trinajstić information content (AvgIpc) is 2.78. The summed E-state index contributed by atoms with van der Waals surface area (Å²) < 4.78 is 55.5. The number of amides is 3. The Labute approximate surface area is 211 Å². The highest BCUT2D eigenvalue weighted by Gasteiger charge is 2.19. The van der Waals surface area contributed by atoms with Crippen molar-refractivity contribution in [3.8, 4) is 0 Å². The Kier molecular flexibility index (Phi) is 11.8. The van der Waals surface area contributed by atoms with E-state index in [0.29, 0.717) is 0 Å². The van der Waals surface area contributed by atoms with Crippen LogP contribution in [0.5, 0.6) is 0 Å². The third kappa shape index (κ3) is 11.0. The number of ether oxygens (including phenoxy) is 1. The Hall–Kier alpha value is -3.20. The molecule has 2 unspecified atom stereocenters. The molecule has 12 nitrogen and oxygen atoms in total. The summed E-state index contributed by atoms with van der Waals surface area (Å²) in [6, 6.07) is 11.4. The van der Waals surface area contributed by atoms with E-state index in [-0.39, 0.29) is 22.9 Å². The van der Waals surface area contributed by atoms with Gasteiger partial charge in [-0.15, -0.1) is 0 Å². The van der Waals surface area contributed by atoms with Crippen LogP contribution in [-0.4, -0.2) is 59.4 Å². The molecule has 0 saturated heterocycles. The number of hydrogen-bond acceptors (Lipinski definition) is 9. The molecule has 0 bridgehead atoms. The van der Waals surface area contributed by atoms with E-state index in [4.69, 9.17) is 15.6 Å². The lowest BCUT2D eigenvalue weighted by Gasteiger charge is -2.12. The second kappa shape index (κ2) is 13.8. The summed E-state index contributed by atoms with van der Waals surface area (Å²) in [5.41, 5.74) is 7.11. The zero-order valence-electron chi connectivity index (χ0n) is 20.4. The number of rotatable bonds is 8. The maximum atomic E-state index is 11.8. The molecular weight excluding hydrogens is 512 g/mol. The van der Waals surface area contributed by atoms with Crippen molar-refractivity contribution < 1.29 is 36.3 Å². The smallest absolute Gasteiger partial charge is 0.421 e. The number of aliphatic hydroxyl groups is 1. The molecule has 2 rings (SSSR count). The summed E-state index contributed by atoms with van der Waals surface area (Å²) in [6.07, 6.45) is -2.32. The van der Waals surface area contributed by atoms with E-state index in [1.807, 2.05) is 23.3 Å². The van der Waals surface area contributed by atoms with Gasteiger partial charge in [-0.25, -0.2) is 35.9 Å². The monoisotopic (exact) mass is 544 g/mol. The Morgan fingerprint density at radius 3 is 1.67 bits per heavy atom. The normalized spacial score (nSPS) is 12.8. The predicted molar refractivity (Wildman–Crippen MR) is 133 cm³/mol. The molecule has 0 aliphatic heterocycles. The fourth-order valence-electron chi connectivity index (χ4n) is 2.32. The van der Waals surface area contributed by atoms with Gasteiger partial charge < -0.3 is 20.9 Å². The minimum atomic E-state index is -3.90. The van der Waals surface area contributed by atoms with E-state index in [1.165, 1.54) is 31.2 Å². The number of aliphatic hydroxyl groups excluding tert-OH is 1. The number of nitrogens with two attached hydrogens (primary N) is 1. The second-order valence-electron chi connectivity index (χ2n) is 7.85. The highest BCUT2D eigenvalue weighted by Crippen LogP contribution is 2.10. The van der Waals surface area contributed by atoms with Crippen LogP contribution in [0, 0.1) is 13.8 Å². The molecule has 200 valence electrons. The van der Waals surface area contributed by atoms with Crippen molar-refractivity contribution in [1.82, 2.24) is 14.8 Å². The minimum absolute atomic E-state index is 0.00505. The molecule has 2 aromatic carbocycles. The molecule has 0 aliphatic carbocycles. The first kappa shape index (κ1) is 30.8. The predicted octanol–water partition coefficient (Wildman–Crippen LogP) is 1.12. The fourth-order valence-corrected chi connectivity index (χ4v) is 4.12. The largest absolute Gasteiger partial charge is 0.444 e. The number of nitrogens with one attached hydrogen (secondary N) is 3. The zero-order chi connectivity index (χ0) is 27.5. The molecule has 0 aliphatic rings. The number of carbonyl (C=O) groups excluding carboxylic acids is 2. The Balaban J connectivity index is 0.000000360. The minimum Gasteiger partial charge on any atom is -0.444 e. The third-order valence-electron chi connectivity index (χ3n) is 4.31. The number of sulfonamides is 2. The van der Waals surface area contributed by atoms with Crippen molar-refractivity contribution >= 4 is 32.2 Å². The number of carbonyl (C=O) groups is 2. The maximum absolute atomic E-state index is 11.8. The van der Waals surface area contributed by atoms with Gasteiger partial charge in [-0.3, -0.25) is 0 Å². The highest BCUT2D eigenvalue weighted by molar-refractivity contribution is 7.90. The molecule has 0 heterocycles. The summed E-state index contributed by atoms with van der Waals surface area (Å²) >= 11 is 0. The lowest BCUT2D eigenvalue weighted by Crippen LogP contribution is -2.41. The fraction of sp³-hybridized carbons (Fsp3) is 0.364. The van der Waals surface area contributed by atoms with Gasteiger partial charge in [-0.05, 0) is 52.0 Å². The van der Waals surface area contributed by atoms with Crippen molar-refractivity contribution in [2.75, 3.05) is 13.1 Å². The molecular formula is C22H32N4O8S2. The van der Waals surface area contributed by atoms with E-state index < -0.39 is 44.4 Å². The van der Waals surface area contributed by atoms with Gasteiger partial charge in [0.2, 0.25) is 0 Å². The molecule has 6 N–H and O–H groups in total. The summed E-state index contributed by atoms with van der Waals surface area (Å²) in [7, 11) is -7.76. The molecule has 0 spiro atoms. The topological polar surface area (TPSA) is 194 Å². The molecule has 2 aromatic rings. The molecule has 0 saturated carbocycles. The highest BCUT2D eigenvalue weighted by atomic mass is 32.2. The van der Waals surface area contributed by atoms with Crippen molar-refractivity contribution in [3.05, 3.63) is 59.7 Å². The van der Waals surface area contributed by atoms with E-state index in [1.54, 1.807) is 31.2 Å². The van der Waals surface area contributed by atoms with E-state index in [2.05, 4.69) is 5.32 Å². The van der Waals surface area contributed by atoms with Crippen LogP contribution in [0.25, 0.3) is 0 Å². The maximum Gasteiger partial charge on any atom is 0.421 e. The van der Waals surface area contributed by atoms with Crippen molar-refractivity contribution in [2.24, 2.45) is 5.73 Å². The molecule has 0 fully saturated rings. The van der Waals surface area contributed by atoms with Gasteiger partial charge >= 0.3 is 12.1 Å². The molecule has 0 aromatic heterocycles. The Morgan fingerprint density at radius 1 is 0.861 bits per heavy atom. The molecule has 36 heavy (non-hydrogen) atoms. The quantitative estimate of drug-likeness (QED) is 0.324. The van der Waals surface area contributed by atoms with Crippen LogP contribution >= 0.6 is 0 Å². The van der Waals surface area contributed by atoms with Gasteiger partial charge in [-0.2, -0.15) is 0 Å².